The number of rotatable bonds is 1. The minimum Gasteiger partial charge on any atom is -0.366 e. The molecule has 0 aliphatic carbocycles. The van der Waals surface area contributed by atoms with Crippen molar-refractivity contribution in [3.63, 3.8) is 0 Å². The highest BCUT2D eigenvalue weighted by atomic mass is 16.5. The fourth-order valence-electron chi connectivity index (χ4n) is 1.18. The average molecular weight is 186 g/mol. The van der Waals surface area contributed by atoms with Gasteiger partial charge >= 0.3 is 0 Å². The molecule has 0 radical (unpaired) electrons. The Balaban J connectivity index is 2.38. The zero-order valence-electron chi connectivity index (χ0n) is 8.52. The van der Waals surface area contributed by atoms with Crippen LogP contribution in [-0.2, 0) is 9.53 Å². The van der Waals surface area contributed by atoms with Crippen molar-refractivity contribution in [2.45, 2.75) is 32.4 Å². The zero-order valence-corrected chi connectivity index (χ0v) is 8.52. The first-order chi connectivity index (χ1) is 5.99. The van der Waals surface area contributed by atoms with Gasteiger partial charge in [0.2, 0.25) is 0 Å². The van der Waals surface area contributed by atoms with Crippen LogP contribution in [0.3, 0.4) is 0 Å². The summed E-state index contributed by atoms with van der Waals surface area (Å²) in [6.07, 6.45) is -0.326. The summed E-state index contributed by atoms with van der Waals surface area (Å²) in [6.45, 7) is 7.94. The summed E-state index contributed by atoms with van der Waals surface area (Å²) in [7, 11) is 0. The number of hydrogen-bond donors (Lipinski definition) is 2. The maximum Gasteiger partial charge on any atom is 0.250 e. The van der Waals surface area contributed by atoms with Gasteiger partial charge in [-0.25, -0.2) is 0 Å². The number of carbonyl (C=O) groups excluding carboxylic acids is 1. The monoisotopic (exact) mass is 186 g/mol. The fourth-order valence-corrected chi connectivity index (χ4v) is 1.18. The predicted octanol–water partition coefficient (Wildman–Crippen LogP) is -0.111. The Bertz CT molecular complexity index is 181. The Morgan fingerprint density at radius 2 is 2.23 bits per heavy atom. The Morgan fingerprint density at radius 1 is 1.54 bits per heavy atom. The van der Waals surface area contributed by atoms with E-state index in [-0.39, 0.29) is 17.6 Å². The van der Waals surface area contributed by atoms with Gasteiger partial charge in [0, 0.05) is 18.6 Å². The van der Waals surface area contributed by atoms with Crippen LogP contribution >= 0.6 is 0 Å². The summed E-state index contributed by atoms with van der Waals surface area (Å²) in [4.78, 5) is 11.5. The summed E-state index contributed by atoms with van der Waals surface area (Å²) < 4.78 is 5.31. The second-order valence-corrected chi connectivity index (χ2v) is 4.30. The van der Waals surface area contributed by atoms with Crippen molar-refractivity contribution in [1.29, 1.82) is 0 Å². The SMILES string of the molecule is CC(C)(C)NC(=O)C1CNCCO1. The Hall–Kier alpha value is -0.610. The molecule has 0 aromatic carbocycles. The molecule has 76 valence electrons. The molecule has 0 aromatic rings. The van der Waals surface area contributed by atoms with E-state index in [1.54, 1.807) is 0 Å². The lowest BCUT2D eigenvalue weighted by atomic mass is 10.1. The molecule has 0 bridgehead atoms. The van der Waals surface area contributed by atoms with Gasteiger partial charge in [0.25, 0.3) is 5.91 Å². The molecule has 1 fully saturated rings. The third-order valence-corrected chi connectivity index (χ3v) is 1.72. The van der Waals surface area contributed by atoms with Crippen LogP contribution in [0.2, 0.25) is 0 Å². The maximum atomic E-state index is 11.5. The number of carbonyl (C=O) groups is 1. The molecule has 0 spiro atoms. The van der Waals surface area contributed by atoms with E-state index in [9.17, 15) is 4.79 Å². The number of amides is 1. The van der Waals surface area contributed by atoms with Crippen molar-refractivity contribution in [2.75, 3.05) is 19.7 Å². The molecule has 4 heteroatoms. The molecule has 0 aromatic heterocycles. The lowest BCUT2D eigenvalue weighted by Gasteiger charge is -2.27. The highest BCUT2D eigenvalue weighted by Crippen LogP contribution is 2.02. The third kappa shape index (κ3) is 3.74. The average Bonchev–Trinajstić information content (AvgIpc) is 2.03. The van der Waals surface area contributed by atoms with Crippen molar-refractivity contribution in [2.24, 2.45) is 0 Å². The van der Waals surface area contributed by atoms with Gasteiger partial charge in [-0.2, -0.15) is 0 Å². The lowest BCUT2D eigenvalue weighted by molar-refractivity contribution is -0.135. The summed E-state index contributed by atoms with van der Waals surface area (Å²) in [5.41, 5.74) is -0.183. The summed E-state index contributed by atoms with van der Waals surface area (Å²) in [6, 6.07) is 0. The third-order valence-electron chi connectivity index (χ3n) is 1.72. The molecule has 1 heterocycles. The van der Waals surface area contributed by atoms with Gasteiger partial charge in [-0.1, -0.05) is 0 Å². The Labute approximate surface area is 79.0 Å². The van der Waals surface area contributed by atoms with Gasteiger partial charge in [0.05, 0.1) is 6.61 Å². The van der Waals surface area contributed by atoms with Crippen molar-refractivity contribution in [3.05, 3.63) is 0 Å². The topological polar surface area (TPSA) is 50.4 Å². The van der Waals surface area contributed by atoms with Gasteiger partial charge < -0.3 is 15.4 Å². The molecule has 4 nitrogen and oxygen atoms in total. The van der Waals surface area contributed by atoms with Gasteiger partial charge in [0.15, 0.2) is 0 Å². The molecular formula is C9H18N2O2. The van der Waals surface area contributed by atoms with E-state index in [1.807, 2.05) is 20.8 Å². The smallest absolute Gasteiger partial charge is 0.250 e. The quantitative estimate of drug-likeness (QED) is 0.600. The zero-order chi connectivity index (χ0) is 9.90. The van der Waals surface area contributed by atoms with E-state index in [4.69, 9.17) is 4.74 Å². The molecular weight excluding hydrogens is 168 g/mol. The van der Waals surface area contributed by atoms with Gasteiger partial charge in [-0.05, 0) is 20.8 Å². The largest absolute Gasteiger partial charge is 0.366 e. The van der Waals surface area contributed by atoms with Crippen LogP contribution < -0.4 is 10.6 Å². The molecule has 1 rings (SSSR count). The second-order valence-electron chi connectivity index (χ2n) is 4.30. The standard InChI is InChI=1S/C9H18N2O2/c1-9(2,3)11-8(12)7-6-10-4-5-13-7/h7,10H,4-6H2,1-3H3,(H,11,12). The number of hydrogen-bond acceptors (Lipinski definition) is 3. The molecule has 1 aliphatic heterocycles. The second kappa shape index (κ2) is 4.07. The Kier molecular flexibility index (Phi) is 3.27. The van der Waals surface area contributed by atoms with E-state index in [0.717, 1.165) is 6.54 Å². The van der Waals surface area contributed by atoms with Gasteiger partial charge in [-0.15, -0.1) is 0 Å². The lowest BCUT2D eigenvalue weighted by Crippen LogP contribution is -2.52. The number of nitrogens with one attached hydrogen (secondary N) is 2. The summed E-state index contributed by atoms with van der Waals surface area (Å²) >= 11 is 0. The van der Waals surface area contributed by atoms with Crippen molar-refractivity contribution in [3.8, 4) is 0 Å². The Morgan fingerprint density at radius 3 is 2.69 bits per heavy atom. The molecule has 1 saturated heterocycles. The molecule has 2 N–H and O–H groups in total. The number of morpholine rings is 1. The first-order valence-electron chi connectivity index (χ1n) is 4.63. The molecule has 0 saturated carbocycles. The van der Waals surface area contributed by atoms with Crippen molar-refractivity contribution in [1.82, 2.24) is 10.6 Å². The molecule has 1 unspecified atom stereocenters. The maximum absolute atomic E-state index is 11.5. The van der Waals surface area contributed by atoms with Crippen LogP contribution in [0.1, 0.15) is 20.8 Å². The molecule has 1 amide bonds. The predicted molar refractivity (Wildman–Crippen MR) is 50.5 cm³/mol. The van der Waals surface area contributed by atoms with E-state index in [2.05, 4.69) is 10.6 Å². The van der Waals surface area contributed by atoms with Gasteiger partial charge in [0.1, 0.15) is 6.10 Å². The molecule has 1 aliphatic rings. The van der Waals surface area contributed by atoms with E-state index >= 15 is 0 Å². The highest BCUT2D eigenvalue weighted by Gasteiger charge is 2.24. The van der Waals surface area contributed by atoms with Crippen LogP contribution in [0.4, 0.5) is 0 Å². The minimum absolute atomic E-state index is 0.0281. The normalized spacial score (nSPS) is 24.1. The van der Waals surface area contributed by atoms with Crippen LogP contribution in [0.15, 0.2) is 0 Å². The first-order valence-corrected chi connectivity index (χ1v) is 4.63. The number of ether oxygens (including phenoxy) is 1. The molecule has 1 atom stereocenters. The summed E-state index contributed by atoms with van der Waals surface area (Å²) in [5.74, 6) is -0.0281. The van der Waals surface area contributed by atoms with E-state index < -0.39 is 0 Å². The van der Waals surface area contributed by atoms with Gasteiger partial charge in [-0.3, -0.25) is 4.79 Å². The minimum atomic E-state index is -0.326. The van der Waals surface area contributed by atoms with E-state index in [1.165, 1.54) is 0 Å². The van der Waals surface area contributed by atoms with E-state index in [0.29, 0.717) is 13.2 Å². The highest BCUT2D eigenvalue weighted by molar-refractivity contribution is 5.81. The fraction of sp³-hybridized carbons (Fsp3) is 0.889. The molecule has 13 heavy (non-hydrogen) atoms. The first kappa shape index (κ1) is 10.5. The van der Waals surface area contributed by atoms with Crippen molar-refractivity contribution >= 4 is 5.91 Å². The summed E-state index contributed by atoms with van der Waals surface area (Å²) in [5, 5.41) is 6.00. The van der Waals surface area contributed by atoms with Crippen LogP contribution in [0, 0.1) is 0 Å². The van der Waals surface area contributed by atoms with Crippen LogP contribution in [0.25, 0.3) is 0 Å². The van der Waals surface area contributed by atoms with Crippen molar-refractivity contribution < 1.29 is 9.53 Å². The van der Waals surface area contributed by atoms with Crippen LogP contribution in [0.5, 0.6) is 0 Å². The van der Waals surface area contributed by atoms with Crippen LogP contribution in [-0.4, -0.2) is 37.2 Å².